The third-order valence-electron chi connectivity index (χ3n) is 4.17. The number of imidazole rings is 1. The molecule has 0 aliphatic carbocycles. The lowest BCUT2D eigenvalue weighted by atomic mass is 10.2. The van der Waals surface area contributed by atoms with Crippen LogP contribution >= 0.6 is 23.2 Å². The third-order valence-corrected chi connectivity index (χ3v) is 4.70. The fraction of sp³-hybridized carbons (Fsp3) is 0.312. The van der Waals surface area contributed by atoms with E-state index in [4.69, 9.17) is 27.9 Å². The second-order valence-electron chi connectivity index (χ2n) is 5.67. The molecule has 3 heterocycles. The van der Waals surface area contributed by atoms with Crippen molar-refractivity contribution in [1.29, 1.82) is 0 Å². The highest BCUT2D eigenvalue weighted by Gasteiger charge is 2.28. The molecule has 1 aliphatic heterocycles. The van der Waals surface area contributed by atoms with E-state index in [0.717, 1.165) is 36.4 Å². The SMILES string of the molecule is Clc1ccc(OCC2CCCN2c2ncnc3[nH]cnc23)c(Cl)c1. The number of hydrogen-bond donors (Lipinski definition) is 1. The lowest BCUT2D eigenvalue weighted by Crippen LogP contribution is -2.35. The van der Waals surface area contributed by atoms with E-state index >= 15 is 0 Å². The van der Waals surface area contributed by atoms with Gasteiger partial charge in [0.2, 0.25) is 0 Å². The number of aromatic amines is 1. The third kappa shape index (κ3) is 2.87. The number of fused-ring (bicyclic) bond motifs is 1. The Hall–Kier alpha value is -2.05. The zero-order chi connectivity index (χ0) is 16.5. The molecule has 24 heavy (non-hydrogen) atoms. The largest absolute Gasteiger partial charge is 0.490 e. The Morgan fingerprint density at radius 2 is 2.17 bits per heavy atom. The molecule has 4 rings (SSSR count). The molecule has 1 N–H and O–H groups in total. The van der Waals surface area contributed by atoms with Gasteiger partial charge in [-0.25, -0.2) is 15.0 Å². The summed E-state index contributed by atoms with van der Waals surface area (Å²) >= 11 is 12.1. The zero-order valence-corrected chi connectivity index (χ0v) is 14.3. The van der Waals surface area contributed by atoms with Gasteiger partial charge in [0.15, 0.2) is 11.5 Å². The van der Waals surface area contributed by atoms with Gasteiger partial charge in [-0.3, -0.25) is 0 Å². The van der Waals surface area contributed by atoms with Gasteiger partial charge >= 0.3 is 0 Å². The highest BCUT2D eigenvalue weighted by Crippen LogP contribution is 2.31. The van der Waals surface area contributed by atoms with E-state index in [9.17, 15) is 0 Å². The highest BCUT2D eigenvalue weighted by atomic mass is 35.5. The molecule has 6 nitrogen and oxygen atoms in total. The molecular formula is C16H15Cl2N5O. The number of hydrogen-bond acceptors (Lipinski definition) is 5. The van der Waals surface area contributed by atoms with Crippen molar-refractivity contribution < 1.29 is 4.74 Å². The van der Waals surface area contributed by atoms with Crippen LogP contribution < -0.4 is 9.64 Å². The topological polar surface area (TPSA) is 66.9 Å². The molecule has 0 spiro atoms. The summed E-state index contributed by atoms with van der Waals surface area (Å²) in [4.78, 5) is 18.2. The molecular weight excluding hydrogens is 349 g/mol. The Labute approximate surface area is 148 Å². The molecule has 0 bridgehead atoms. The van der Waals surface area contributed by atoms with Crippen molar-refractivity contribution in [2.45, 2.75) is 18.9 Å². The number of halogens is 2. The van der Waals surface area contributed by atoms with Gasteiger partial charge in [-0.15, -0.1) is 0 Å². The minimum atomic E-state index is 0.214. The predicted molar refractivity (Wildman–Crippen MR) is 94.0 cm³/mol. The summed E-state index contributed by atoms with van der Waals surface area (Å²) < 4.78 is 5.92. The first-order valence-electron chi connectivity index (χ1n) is 7.71. The summed E-state index contributed by atoms with van der Waals surface area (Å²) in [6, 6.07) is 5.46. The quantitative estimate of drug-likeness (QED) is 0.765. The van der Waals surface area contributed by atoms with Crippen molar-refractivity contribution in [1.82, 2.24) is 19.9 Å². The van der Waals surface area contributed by atoms with Crippen LogP contribution in [0.2, 0.25) is 10.0 Å². The highest BCUT2D eigenvalue weighted by molar-refractivity contribution is 6.35. The van der Waals surface area contributed by atoms with E-state index in [2.05, 4.69) is 24.8 Å². The first-order valence-corrected chi connectivity index (χ1v) is 8.46. The van der Waals surface area contributed by atoms with Crippen LogP contribution in [0.25, 0.3) is 11.2 Å². The Balaban J connectivity index is 1.54. The van der Waals surface area contributed by atoms with Crippen molar-refractivity contribution in [3.8, 4) is 5.75 Å². The fourth-order valence-corrected chi connectivity index (χ4v) is 3.49. The second-order valence-corrected chi connectivity index (χ2v) is 6.52. The fourth-order valence-electron chi connectivity index (χ4n) is 3.03. The number of nitrogens with one attached hydrogen (secondary N) is 1. The number of benzene rings is 1. The minimum absolute atomic E-state index is 0.214. The lowest BCUT2D eigenvalue weighted by molar-refractivity contribution is 0.288. The molecule has 2 aromatic heterocycles. The van der Waals surface area contributed by atoms with Crippen molar-refractivity contribution >= 4 is 40.2 Å². The van der Waals surface area contributed by atoms with Gasteiger partial charge in [-0.1, -0.05) is 23.2 Å². The summed E-state index contributed by atoms with van der Waals surface area (Å²) in [5.41, 5.74) is 1.53. The molecule has 1 fully saturated rings. The average Bonchev–Trinajstić information content (AvgIpc) is 3.22. The number of anilines is 1. The van der Waals surface area contributed by atoms with Gasteiger partial charge < -0.3 is 14.6 Å². The van der Waals surface area contributed by atoms with Gasteiger partial charge in [-0.05, 0) is 31.0 Å². The maximum Gasteiger partial charge on any atom is 0.162 e. The molecule has 1 saturated heterocycles. The molecule has 0 radical (unpaired) electrons. The number of nitrogens with zero attached hydrogens (tertiary/aromatic N) is 4. The standard InChI is InChI=1S/C16H15Cl2N5O/c17-10-3-4-13(12(18)6-10)24-7-11-2-1-5-23(11)16-14-15(20-8-19-14)21-9-22-16/h3-4,6,8-9,11H,1-2,5,7H2,(H,19,20,21,22). The maximum atomic E-state index is 6.17. The van der Waals surface area contributed by atoms with Crippen molar-refractivity contribution in [3.63, 3.8) is 0 Å². The summed E-state index contributed by atoms with van der Waals surface area (Å²) in [5.74, 6) is 1.48. The number of aromatic nitrogens is 4. The van der Waals surface area contributed by atoms with Crippen LogP contribution in [-0.2, 0) is 0 Å². The number of H-pyrrole nitrogens is 1. The summed E-state index contributed by atoms with van der Waals surface area (Å²) in [5, 5.41) is 1.11. The lowest BCUT2D eigenvalue weighted by Gasteiger charge is -2.25. The van der Waals surface area contributed by atoms with Crippen LogP contribution in [0.5, 0.6) is 5.75 Å². The van der Waals surface area contributed by atoms with Crippen LogP contribution in [0, 0.1) is 0 Å². The molecule has 124 valence electrons. The molecule has 0 saturated carbocycles. The first-order chi connectivity index (χ1) is 11.7. The molecule has 8 heteroatoms. The Morgan fingerprint density at radius 1 is 1.25 bits per heavy atom. The van der Waals surface area contributed by atoms with Gasteiger partial charge in [-0.2, -0.15) is 0 Å². The average molecular weight is 364 g/mol. The Bertz CT molecular complexity index is 869. The normalized spacial score (nSPS) is 17.6. The number of ether oxygens (including phenoxy) is 1. The predicted octanol–water partition coefficient (Wildman–Crippen LogP) is 3.71. The van der Waals surface area contributed by atoms with Crippen molar-refractivity contribution in [2.75, 3.05) is 18.1 Å². The second kappa shape index (κ2) is 6.45. The Kier molecular flexibility index (Phi) is 4.16. The van der Waals surface area contributed by atoms with E-state index in [1.54, 1.807) is 30.9 Å². The first kappa shape index (κ1) is 15.5. The Morgan fingerprint density at radius 3 is 3.04 bits per heavy atom. The summed E-state index contributed by atoms with van der Waals surface area (Å²) in [7, 11) is 0. The maximum absolute atomic E-state index is 6.17. The van der Waals surface area contributed by atoms with E-state index in [1.807, 2.05) is 0 Å². The van der Waals surface area contributed by atoms with E-state index < -0.39 is 0 Å². The molecule has 3 aromatic rings. The van der Waals surface area contributed by atoms with E-state index in [0.29, 0.717) is 22.4 Å². The molecule has 1 aliphatic rings. The zero-order valence-electron chi connectivity index (χ0n) is 12.7. The number of rotatable bonds is 4. The summed E-state index contributed by atoms with van der Waals surface area (Å²) in [6.45, 7) is 1.44. The summed E-state index contributed by atoms with van der Waals surface area (Å²) in [6.07, 6.45) is 5.31. The monoisotopic (exact) mass is 363 g/mol. The van der Waals surface area contributed by atoms with Crippen molar-refractivity contribution in [2.24, 2.45) is 0 Å². The van der Waals surface area contributed by atoms with Crippen LogP contribution in [0.3, 0.4) is 0 Å². The van der Waals surface area contributed by atoms with Crippen LogP contribution in [0.15, 0.2) is 30.9 Å². The minimum Gasteiger partial charge on any atom is -0.490 e. The van der Waals surface area contributed by atoms with Crippen LogP contribution in [0.4, 0.5) is 5.82 Å². The van der Waals surface area contributed by atoms with Gasteiger partial charge in [0.05, 0.1) is 17.4 Å². The molecule has 1 aromatic carbocycles. The van der Waals surface area contributed by atoms with E-state index in [-0.39, 0.29) is 6.04 Å². The van der Waals surface area contributed by atoms with Gasteiger partial charge in [0.1, 0.15) is 24.2 Å². The molecule has 1 unspecified atom stereocenters. The van der Waals surface area contributed by atoms with Crippen LogP contribution in [-0.4, -0.2) is 39.1 Å². The molecule has 0 amide bonds. The van der Waals surface area contributed by atoms with E-state index in [1.165, 1.54) is 0 Å². The molecule has 1 atom stereocenters. The van der Waals surface area contributed by atoms with Gasteiger partial charge in [0, 0.05) is 11.6 Å². The van der Waals surface area contributed by atoms with Crippen LogP contribution in [0.1, 0.15) is 12.8 Å². The van der Waals surface area contributed by atoms with Gasteiger partial charge in [0.25, 0.3) is 0 Å². The smallest absolute Gasteiger partial charge is 0.162 e. The van der Waals surface area contributed by atoms with Crippen molar-refractivity contribution in [3.05, 3.63) is 40.9 Å².